The molecular weight excluding hydrogens is 550 g/mol. The first-order valence-electron chi connectivity index (χ1n) is 11.7. The van der Waals surface area contributed by atoms with Crippen LogP contribution < -0.4 is 19.1 Å². The van der Waals surface area contributed by atoms with Crippen LogP contribution in [0.4, 0.5) is 5.69 Å². The Kier molecular flexibility index (Phi) is 9.24. The van der Waals surface area contributed by atoms with Crippen molar-refractivity contribution in [1.82, 2.24) is 10.2 Å². The number of carbonyl (C=O) groups excluding carboxylic acids is 2. The van der Waals surface area contributed by atoms with Crippen molar-refractivity contribution in [2.75, 3.05) is 23.9 Å². The summed E-state index contributed by atoms with van der Waals surface area (Å²) in [5.41, 5.74) is 1.32. The summed E-state index contributed by atoms with van der Waals surface area (Å²) in [7, 11) is -3.61. The molecular formula is C25H32BrN3O6S. The van der Waals surface area contributed by atoms with E-state index in [0.29, 0.717) is 17.2 Å². The van der Waals surface area contributed by atoms with Gasteiger partial charge in [-0.3, -0.25) is 13.9 Å². The smallest absolute Gasteiger partial charge is 0.242 e. The van der Waals surface area contributed by atoms with Gasteiger partial charge in [0.1, 0.15) is 6.04 Å². The number of hydrogen-bond donors (Lipinski definition) is 1. The first-order valence-corrected chi connectivity index (χ1v) is 14.3. The topological polar surface area (TPSA) is 105 Å². The van der Waals surface area contributed by atoms with Gasteiger partial charge in [0.2, 0.25) is 28.6 Å². The molecule has 0 radical (unpaired) electrons. The molecule has 1 heterocycles. The Balaban J connectivity index is 1.72. The first kappa shape index (κ1) is 27.8. The van der Waals surface area contributed by atoms with E-state index in [2.05, 4.69) is 21.2 Å². The van der Waals surface area contributed by atoms with Crippen LogP contribution in [0, 0.1) is 0 Å². The molecule has 36 heavy (non-hydrogen) atoms. The highest BCUT2D eigenvalue weighted by molar-refractivity contribution is 9.10. The molecule has 11 heteroatoms. The lowest BCUT2D eigenvalue weighted by atomic mass is 10.1. The number of amides is 2. The largest absolute Gasteiger partial charge is 0.454 e. The van der Waals surface area contributed by atoms with Gasteiger partial charge in [0.05, 0.1) is 11.9 Å². The quantitative estimate of drug-likeness (QED) is 0.434. The van der Waals surface area contributed by atoms with E-state index in [4.69, 9.17) is 9.47 Å². The third kappa shape index (κ3) is 7.36. The fourth-order valence-corrected chi connectivity index (χ4v) is 5.04. The number of halogens is 1. The lowest BCUT2D eigenvalue weighted by molar-refractivity contribution is -0.140. The van der Waals surface area contributed by atoms with Crippen LogP contribution in [0.25, 0.3) is 0 Å². The molecule has 1 unspecified atom stereocenters. The maximum absolute atomic E-state index is 13.3. The average Bonchev–Trinajstić information content (AvgIpc) is 3.27. The summed E-state index contributed by atoms with van der Waals surface area (Å²) in [6.07, 6.45) is 1.47. The summed E-state index contributed by atoms with van der Waals surface area (Å²) in [4.78, 5) is 27.5. The molecule has 2 amide bonds. The monoisotopic (exact) mass is 581 g/mol. The summed E-state index contributed by atoms with van der Waals surface area (Å²) < 4.78 is 37.9. The average molecular weight is 583 g/mol. The summed E-state index contributed by atoms with van der Waals surface area (Å²) in [6.45, 7) is 5.87. The number of ether oxygens (including phenoxy) is 2. The van der Waals surface area contributed by atoms with Crippen molar-refractivity contribution in [3.63, 3.8) is 0 Å². The molecule has 0 aliphatic carbocycles. The van der Waals surface area contributed by atoms with Crippen LogP contribution in [0.5, 0.6) is 11.5 Å². The second-order valence-corrected chi connectivity index (χ2v) is 11.8. The molecule has 1 atom stereocenters. The molecule has 2 aromatic rings. The van der Waals surface area contributed by atoms with Crippen molar-refractivity contribution in [2.24, 2.45) is 0 Å². The molecule has 0 fully saturated rings. The van der Waals surface area contributed by atoms with E-state index in [1.807, 2.05) is 38.1 Å². The minimum absolute atomic E-state index is 0.0606. The summed E-state index contributed by atoms with van der Waals surface area (Å²) in [5, 5.41) is 2.86. The number of benzene rings is 2. The van der Waals surface area contributed by atoms with Crippen LogP contribution in [0.3, 0.4) is 0 Å². The fraction of sp³-hybridized carbons (Fsp3) is 0.440. The second kappa shape index (κ2) is 12.0. The molecule has 0 saturated heterocycles. The van der Waals surface area contributed by atoms with Crippen LogP contribution >= 0.6 is 15.9 Å². The van der Waals surface area contributed by atoms with Gasteiger partial charge in [-0.2, -0.15) is 0 Å². The van der Waals surface area contributed by atoms with E-state index in [-0.39, 0.29) is 50.6 Å². The van der Waals surface area contributed by atoms with E-state index >= 15 is 0 Å². The van der Waals surface area contributed by atoms with Crippen molar-refractivity contribution >= 4 is 43.5 Å². The molecule has 3 rings (SSSR count). The number of nitrogens with zero attached hydrogens (tertiary/aromatic N) is 2. The third-order valence-corrected chi connectivity index (χ3v) is 7.38. The Hall–Kier alpha value is -2.79. The van der Waals surface area contributed by atoms with Crippen LogP contribution in [0.1, 0.15) is 39.2 Å². The van der Waals surface area contributed by atoms with Gasteiger partial charge in [-0.05, 0) is 57.0 Å². The molecule has 2 aromatic carbocycles. The number of rotatable bonds is 11. The van der Waals surface area contributed by atoms with E-state index in [0.717, 1.165) is 16.3 Å². The molecule has 0 aromatic heterocycles. The molecule has 1 aliphatic rings. The van der Waals surface area contributed by atoms with Gasteiger partial charge in [-0.25, -0.2) is 8.42 Å². The van der Waals surface area contributed by atoms with Crippen LogP contribution in [0.2, 0.25) is 0 Å². The number of anilines is 1. The van der Waals surface area contributed by atoms with Crippen LogP contribution in [-0.2, 0) is 26.2 Å². The number of fused-ring (bicyclic) bond motifs is 1. The Labute approximate surface area is 220 Å². The van der Waals surface area contributed by atoms with Gasteiger partial charge in [-0.1, -0.05) is 28.1 Å². The molecule has 0 spiro atoms. The van der Waals surface area contributed by atoms with Crippen LogP contribution in [-0.4, -0.2) is 56.8 Å². The summed E-state index contributed by atoms with van der Waals surface area (Å²) in [5.74, 6) is 0.555. The number of sulfonamides is 1. The minimum atomic E-state index is -3.61. The Morgan fingerprint density at radius 3 is 2.36 bits per heavy atom. The lowest BCUT2D eigenvalue weighted by Gasteiger charge is -2.30. The first-order chi connectivity index (χ1) is 17.0. The Morgan fingerprint density at radius 2 is 1.72 bits per heavy atom. The zero-order valence-electron chi connectivity index (χ0n) is 20.9. The highest BCUT2D eigenvalue weighted by atomic mass is 79.9. The van der Waals surface area contributed by atoms with Gasteiger partial charge in [0.25, 0.3) is 0 Å². The van der Waals surface area contributed by atoms with Gasteiger partial charge < -0.3 is 19.7 Å². The zero-order valence-corrected chi connectivity index (χ0v) is 23.3. The van der Waals surface area contributed by atoms with Gasteiger partial charge in [0.15, 0.2) is 11.5 Å². The fourth-order valence-electron chi connectivity index (χ4n) is 3.82. The molecule has 196 valence electrons. The normalized spacial score (nSPS) is 13.4. The van der Waals surface area contributed by atoms with E-state index in [1.165, 1.54) is 9.21 Å². The standard InChI is InChI=1S/C25H32BrN3O6S/c1-17(2)27-25(31)18(3)28(15-19-7-9-20(26)10-8-19)24(30)6-5-13-29(36(4,32)33)21-11-12-22-23(14-21)35-16-34-22/h7-12,14,17-18H,5-6,13,15-16H2,1-4H3,(H,27,31). The second-order valence-electron chi connectivity index (χ2n) is 8.96. The number of hydrogen-bond acceptors (Lipinski definition) is 6. The van der Waals surface area contributed by atoms with Gasteiger partial charge in [0, 0.05) is 36.1 Å². The SMILES string of the molecule is CC(C)NC(=O)C(C)N(Cc1ccc(Br)cc1)C(=O)CCCN(c1ccc2c(c1)OCO2)S(C)(=O)=O. The Morgan fingerprint density at radius 1 is 1.06 bits per heavy atom. The molecule has 9 nitrogen and oxygen atoms in total. The Bertz CT molecular complexity index is 1190. The lowest BCUT2D eigenvalue weighted by Crippen LogP contribution is -2.49. The molecule has 1 aliphatic heterocycles. The number of nitrogens with one attached hydrogen (secondary N) is 1. The maximum atomic E-state index is 13.3. The van der Waals surface area contributed by atoms with Crippen molar-refractivity contribution in [1.29, 1.82) is 0 Å². The maximum Gasteiger partial charge on any atom is 0.242 e. The predicted octanol–water partition coefficient (Wildman–Crippen LogP) is 3.67. The summed E-state index contributed by atoms with van der Waals surface area (Å²) >= 11 is 3.41. The van der Waals surface area contributed by atoms with Gasteiger partial charge in [-0.15, -0.1) is 0 Å². The highest BCUT2D eigenvalue weighted by Crippen LogP contribution is 2.36. The van der Waals surface area contributed by atoms with Gasteiger partial charge >= 0.3 is 0 Å². The van der Waals surface area contributed by atoms with Crippen molar-refractivity contribution in [3.8, 4) is 11.5 Å². The van der Waals surface area contributed by atoms with E-state index in [9.17, 15) is 18.0 Å². The van der Waals surface area contributed by atoms with E-state index in [1.54, 1.807) is 25.1 Å². The molecule has 0 saturated carbocycles. The highest BCUT2D eigenvalue weighted by Gasteiger charge is 2.27. The van der Waals surface area contributed by atoms with Crippen molar-refractivity contribution in [2.45, 2.75) is 52.2 Å². The molecule has 1 N–H and O–H groups in total. The molecule has 0 bridgehead atoms. The van der Waals surface area contributed by atoms with Crippen molar-refractivity contribution < 1.29 is 27.5 Å². The van der Waals surface area contributed by atoms with E-state index < -0.39 is 16.1 Å². The van der Waals surface area contributed by atoms with Crippen LogP contribution in [0.15, 0.2) is 46.9 Å². The van der Waals surface area contributed by atoms with Crippen molar-refractivity contribution in [3.05, 3.63) is 52.5 Å². The number of carbonyl (C=O) groups is 2. The summed E-state index contributed by atoms with van der Waals surface area (Å²) in [6, 6.07) is 11.7. The zero-order chi connectivity index (χ0) is 26.5. The third-order valence-electron chi connectivity index (χ3n) is 5.66. The predicted molar refractivity (Wildman–Crippen MR) is 141 cm³/mol. The minimum Gasteiger partial charge on any atom is -0.454 e.